The summed E-state index contributed by atoms with van der Waals surface area (Å²) >= 11 is 0. The summed E-state index contributed by atoms with van der Waals surface area (Å²) in [5, 5.41) is 12.0. The van der Waals surface area contributed by atoms with Crippen molar-refractivity contribution in [3.8, 4) is 0 Å². The number of carboxylic acids is 1. The maximum Gasteiger partial charge on any atom is 0.317 e. The fourth-order valence-electron chi connectivity index (χ4n) is 2.31. The molecule has 2 fully saturated rings. The quantitative estimate of drug-likeness (QED) is 0.781. The Morgan fingerprint density at radius 1 is 1.47 bits per heavy atom. The first-order chi connectivity index (χ1) is 7.92. The van der Waals surface area contributed by atoms with Gasteiger partial charge in [0.15, 0.2) is 0 Å². The van der Waals surface area contributed by atoms with E-state index in [2.05, 4.69) is 5.32 Å². The molecule has 0 aromatic heterocycles. The largest absolute Gasteiger partial charge is 0.481 e. The monoisotopic (exact) mass is 240 g/mol. The average molecular weight is 240 g/mol. The van der Waals surface area contributed by atoms with Crippen LogP contribution in [0.4, 0.5) is 4.79 Å². The molecule has 17 heavy (non-hydrogen) atoms. The van der Waals surface area contributed by atoms with E-state index in [-0.39, 0.29) is 12.1 Å². The van der Waals surface area contributed by atoms with E-state index < -0.39 is 11.4 Å². The van der Waals surface area contributed by atoms with Gasteiger partial charge in [-0.2, -0.15) is 0 Å². The Labute approximate surface area is 101 Å². The van der Waals surface area contributed by atoms with E-state index in [0.717, 1.165) is 0 Å². The SMILES string of the molecule is CC(NC(=O)N1CCC(C)(C(=O)O)C1)C1CC1. The lowest BCUT2D eigenvalue weighted by atomic mass is 9.90. The van der Waals surface area contributed by atoms with Crippen molar-refractivity contribution in [3.63, 3.8) is 0 Å². The van der Waals surface area contributed by atoms with Crippen molar-refractivity contribution in [1.29, 1.82) is 0 Å². The van der Waals surface area contributed by atoms with Crippen LogP contribution in [-0.4, -0.2) is 41.1 Å². The summed E-state index contributed by atoms with van der Waals surface area (Å²) < 4.78 is 0. The van der Waals surface area contributed by atoms with Gasteiger partial charge in [0, 0.05) is 19.1 Å². The third-order valence-corrected chi connectivity index (χ3v) is 3.96. The van der Waals surface area contributed by atoms with E-state index in [4.69, 9.17) is 5.11 Å². The maximum absolute atomic E-state index is 11.9. The van der Waals surface area contributed by atoms with Gasteiger partial charge in [-0.05, 0) is 39.0 Å². The number of carboxylic acid groups (broad SMARTS) is 1. The van der Waals surface area contributed by atoms with Crippen molar-refractivity contribution in [2.75, 3.05) is 13.1 Å². The first-order valence-corrected chi connectivity index (χ1v) is 6.21. The van der Waals surface area contributed by atoms with Gasteiger partial charge >= 0.3 is 12.0 Å². The van der Waals surface area contributed by atoms with E-state index in [1.54, 1.807) is 11.8 Å². The van der Waals surface area contributed by atoms with Gasteiger partial charge in [0.25, 0.3) is 0 Å². The Bertz CT molecular complexity index is 341. The van der Waals surface area contributed by atoms with Crippen LogP contribution in [-0.2, 0) is 4.79 Å². The van der Waals surface area contributed by atoms with E-state index in [1.807, 2.05) is 6.92 Å². The molecule has 2 amide bonds. The number of aliphatic carboxylic acids is 1. The van der Waals surface area contributed by atoms with E-state index in [9.17, 15) is 9.59 Å². The molecule has 2 N–H and O–H groups in total. The van der Waals surface area contributed by atoms with Gasteiger partial charge in [-0.3, -0.25) is 4.79 Å². The van der Waals surface area contributed by atoms with Crippen LogP contribution >= 0.6 is 0 Å². The standard InChI is InChI=1S/C12H20N2O3/c1-8(9-3-4-9)13-11(17)14-6-5-12(2,7-14)10(15)16/h8-9H,3-7H2,1-2H3,(H,13,17)(H,15,16). The predicted molar refractivity (Wildman–Crippen MR) is 62.7 cm³/mol. The normalized spacial score (nSPS) is 30.1. The van der Waals surface area contributed by atoms with Crippen molar-refractivity contribution >= 4 is 12.0 Å². The first kappa shape index (κ1) is 12.2. The molecule has 0 spiro atoms. The van der Waals surface area contributed by atoms with Crippen molar-refractivity contribution in [3.05, 3.63) is 0 Å². The van der Waals surface area contributed by atoms with E-state index in [1.165, 1.54) is 12.8 Å². The van der Waals surface area contributed by atoms with Crippen molar-refractivity contribution in [2.45, 2.75) is 39.2 Å². The summed E-state index contributed by atoms with van der Waals surface area (Å²) in [6, 6.07) is 0.0913. The van der Waals surface area contributed by atoms with Crippen molar-refractivity contribution < 1.29 is 14.7 Å². The molecule has 0 aromatic rings. The molecule has 1 saturated carbocycles. The van der Waals surface area contributed by atoms with Gasteiger partial charge in [0.05, 0.1) is 5.41 Å². The number of amides is 2. The molecular weight excluding hydrogens is 220 g/mol. The zero-order valence-corrected chi connectivity index (χ0v) is 10.4. The lowest BCUT2D eigenvalue weighted by Gasteiger charge is -2.22. The summed E-state index contributed by atoms with van der Waals surface area (Å²) in [6.45, 7) is 4.56. The van der Waals surface area contributed by atoms with Crippen LogP contribution in [0.1, 0.15) is 33.1 Å². The molecule has 2 aliphatic rings. The number of carbonyl (C=O) groups is 2. The van der Waals surface area contributed by atoms with Gasteiger partial charge in [0.2, 0.25) is 0 Å². The van der Waals surface area contributed by atoms with Gasteiger partial charge in [-0.25, -0.2) is 4.79 Å². The summed E-state index contributed by atoms with van der Waals surface area (Å²) in [6.07, 6.45) is 2.91. The molecular formula is C12H20N2O3. The third-order valence-electron chi connectivity index (χ3n) is 3.96. The number of nitrogens with one attached hydrogen (secondary N) is 1. The molecule has 2 unspecified atom stereocenters. The van der Waals surface area contributed by atoms with Gasteiger partial charge < -0.3 is 15.3 Å². The topological polar surface area (TPSA) is 69.6 Å². The van der Waals surface area contributed by atoms with Gasteiger partial charge in [-0.1, -0.05) is 0 Å². The molecule has 0 radical (unpaired) electrons. The Kier molecular flexibility index (Phi) is 3.02. The minimum Gasteiger partial charge on any atom is -0.481 e. The predicted octanol–water partition coefficient (Wildman–Crippen LogP) is 1.29. The Balaban J connectivity index is 1.87. The second-order valence-electron chi connectivity index (χ2n) is 5.61. The third kappa shape index (κ3) is 2.53. The lowest BCUT2D eigenvalue weighted by Crippen LogP contribution is -2.44. The number of hydrogen-bond acceptors (Lipinski definition) is 2. The Morgan fingerprint density at radius 3 is 2.59 bits per heavy atom. The number of urea groups is 1. The van der Waals surface area contributed by atoms with Gasteiger partial charge in [-0.15, -0.1) is 0 Å². The van der Waals surface area contributed by atoms with Crippen molar-refractivity contribution in [1.82, 2.24) is 10.2 Å². The number of hydrogen-bond donors (Lipinski definition) is 2. The minimum absolute atomic E-state index is 0.116. The second kappa shape index (κ2) is 4.20. The average Bonchev–Trinajstić information content (AvgIpc) is 3.02. The number of rotatable bonds is 3. The Hall–Kier alpha value is -1.26. The molecule has 2 rings (SSSR count). The highest BCUT2D eigenvalue weighted by Crippen LogP contribution is 2.33. The fourth-order valence-corrected chi connectivity index (χ4v) is 2.31. The molecule has 1 saturated heterocycles. The molecule has 5 heteroatoms. The summed E-state index contributed by atoms with van der Waals surface area (Å²) in [4.78, 5) is 24.6. The smallest absolute Gasteiger partial charge is 0.317 e. The molecule has 2 atom stereocenters. The van der Waals surface area contributed by atoms with Crippen LogP contribution in [0.3, 0.4) is 0 Å². The zero-order valence-electron chi connectivity index (χ0n) is 10.4. The van der Waals surface area contributed by atoms with Crippen LogP contribution in [0.15, 0.2) is 0 Å². The van der Waals surface area contributed by atoms with Crippen molar-refractivity contribution in [2.24, 2.45) is 11.3 Å². The van der Waals surface area contributed by atoms with Crippen LogP contribution in [0.2, 0.25) is 0 Å². The van der Waals surface area contributed by atoms with Gasteiger partial charge in [0.1, 0.15) is 0 Å². The lowest BCUT2D eigenvalue weighted by molar-refractivity contribution is -0.146. The van der Waals surface area contributed by atoms with Crippen LogP contribution in [0.5, 0.6) is 0 Å². The van der Waals surface area contributed by atoms with E-state index in [0.29, 0.717) is 25.4 Å². The first-order valence-electron chi connectivity index (χ1n) is 6.21. The molecule has 1 aliphatic carbocycles. The van der Waals surface area contributed by atoms with Crippen LogP contribution in [0.25, 0.3) is 0 Å². The summed E-state index contributed by atoms with van der Waals surface area (Å²) in [5.41, 5.74) is -0.778. The molecule has 0 bridgehead atoms. The maximum atomic E-state index is 11.9. The second-order valence-corrected chi connectivity index (χ2v) is 5.61. The van der Waals surface area contributed by atoms with Crippen LogP contribution in [0, 0.1) is 11.3 Å². The molecule has 1 heterocycles. The summed E-state index contributed by atoms with van der Waals surface area (Å²) in [7, 11) is 0. The molecule has 0 aromatic carbocycles. The van der Waals surface area contributed by atoms with Crippen LogP contribution < -0.4 is 5.32 Å². The summed E-state index contributed by atoms with van der Waals surface area (Å²) in [5.74, 6) is -0.199. The number of likely N-dealkylation sites (tertiary alicyclic amines) is 1. The van der Waals surface area contributed by atoms with E-state index >= 15 is 0 Å². The minimum atomic E-state index is -0.817. The Morgan fingerprint density at radius 2 is 2.12 bits per heavy atom. The highest BCUT2D eigenvalue weighted by Gasteiger charge is 2.42. The molecule has 96 valence electrons. The number of nitrogens with zero attached hydrogens (tertiary/aromatic N) is 1. The molecule has 1 aliphatic heterocycles. The highest BCUT2D eigenvalue weighted by atomic mass is 16.4. The highest BCUT2D eigenvalue weighted by molar-refractivity contribution is 5.79. The number of carbonyl (C=O) groups excluding carboxylic acids is 1. The zero-order chi connectivity index (χ0) is 12.6. The molecule has 5 nitrogen and oxygen atoms in total. The fraction of sp³-hybridized carbons (Fsp3) is 0.833.